The van der Waals surface area contributed by atoms with Crippen LogP contribution in [-0.4, -0.2) is 54.5 Å². The van der Waals surface area contributed by atoms with Crippen molar-refractivity contribution in [2.24, 2.45) is 11.8 Å². The average Bonchev–Trinajstić information content (AvgIpc) is 2.79. The van der Waals surface area contributed by atoms with Crippen molar-refractivity contribution in [2.45, 2.75) is 44.9 Å². The number of piperidine rings is 1. The Morgan fingerprint density at radius 3 is 2.69 bits per heavy atom. The van der Waals surface area contributed by atoms with Gasteiger partial charge in [-0.1, -0.05) is 18.9 Å². The summed E-state index contributed by atoms with van der Waals surface area (Å²) in [6.07, 6.45) is 14.0. The van der Waals surface area contributed by atoms with Crippen molar-refractivity contribution >= 4 is 17.9 Å². The van der Waals surface area contributed by atoms with E-state index in [1.54, 1.807) is 24.5 Å². The highest BCUT2D eigenvalue weighted by Gasteiger charge is 2.29. The standard InChI is InChI=1S/C23H33N3O3/c27-22(7-6-20-5-3-12-24-18-20)25-13-2-1-4-19-8-14-26(15-9-19)23(28)21-10-16-29-17-11-21/h3,5-7,12,18-19,21H,1-2,4,8-11,13-17H2,(H,25,27)/b7-6+. The normalized spacial score (nSPS) is 18.8. The first-order valence-corrected chi connectivity index (χ1v) is 10.9. The number of nitrogens with zero attached hydrogens (tertiary/aromatic N) is 2. The van der Waals surface area contributed by atoms with Gasteiger partial charge < -0.3 is 15.0 Å². The fourth-order valence-electron chi connectivity index (χ4n) is 4.12. The van der Waals surface area contributed by atoms with Crippen molar-refractivity contribution in [2.75, 3.05) is 32.8 Å². The van der Waals surface area contributed by atoms with E-state index in [0.717, 1.165) is 70.4 Å². The molecule has 29 heavy (non-hydrogen) atoms. The van der Waals surface area contributed by atoms with Gasteiger partial charge in [0.1, 0.15) is 0 Å². The van der Waals surface area contributed by atoms with Gasteiger partial charge in [0.05, 0.1) is 0 Å². The number of nitrogens with one attached hydrogen (secondary N) is 1. The molecule has 2 saturated heterocycles. The Morgan fingerprint density at radius 1 is 1.17 bits per heavy atom. The van der Waals surface area contributed by atoms with E-state index >= 15 is 0 Å². The topological polar surface area (TPSA) is 71.5 Å². The second-order valence-electron chi connectivity index (χ2n) is 8.06. The molecule has 158 valence electrons. The summed E-state index contributed by atoms with van der Waals surface area (Å²) in [6, 6.07) is 3.77. The van der Waals surface area contributed by atoms with Crippen LogP contribution in [0.5, 0.6) is 0 Å². The molecule has 0 unspecified atom stereocenters. The molecule has 0 bridgehead atoms. The minimum atomic E-state index is -0.0613. The summed E-state index contributed by atoms with van der Waals surface area (Å²) in [7, 11) is 0. The number of aromatic nitrogens is 1. The maximum absolute atomic E-state index is 12.6. The summed E-state index contributed by atoms with van der Waals surface area (Å²) in [5, 5.41) is 2.94. The lowest BCUT2D eigenvalue weighted by Crippen LogP contribution is -2.43. The molecule has 1 N–H and O–H groups in total. The SMILES string of the molecule is O=C(/C=C/c1cccnc1)NCCCCC1CCN(C(=O)C2CCOCC2)CC1. The zero-order valence-electron chi connectivity index (χ0n) is 17.2. The van der Waals surface area contributed by atoms with Gasteiger partial charge in [0.2, 0.25) is 11.8 Å². The van der Waals surface area contributed by atoms with E-state index in [-0.39, 0.29) is 11.8 Å². The summed E-state index contributed by atoms with van der Waals surface area (Å²) in [4.78, 5) is 30.5. The van der Waals surface area contributed by atoms with Crippen molar-refractivity contribution < 1.29 is 14.3 Å². The molecule has 0 aromatic carbocycles. The minimum absolute atomic E-state index is 0.0613. The Bertz CT molecular complexity index is 663. The third-order valence-corrected chi connectivity index (χ3v) is 5.95. The van der Waals surface area contributed by atoms with Crippen LogP contribution in [-0.2, 0) is 14.3 Å². The van der Waals surface area contributed by atoms with Crippen LogP contribution in [0.2, 0.25) is 0 Å². The second-order valence-corrected chi connectivity index (χ2v) is 8.06. The molecule has 3 heterocycles. The maximum Gasteiger partial charge on any atom is 0.243 e. The minimum Gasteiger partial charge on any atom is -0.381 e. The van der Waals surface area contributed by atoms with Crippen LogP contribution in [0.25, 0.3) is 6.08 Å². The van der Waals surface area contributed by atoms with Gasteiger partial charge in [-0.05, 0) is 55.7 Å². The number of carbonyl (C=O) groups excluding carboxylic acids is 2. The van der Waals surface area contributed by atoms with Gasteiger partial charge in [0, 0.05) is 57.2 Å². The largest absolute Gasteiger partial charge is 0.381 e. The van der Waals surface area contributed by atoms with E-state index in [0.29, 0.717) is 18.4 Å². The lowest BCUT2D eigenvalue weighted by atomic mass is 9.90. The zero-order valence-corrected chi connectivity index (χ0v) is 17.2. The number of amides is 2. The average molecular weight is 400 g/mol. The van der Waals surface area contributed by atoms with Crippen molar-refractivity contribution in [1.29, 1.82) is 0 Å². The number of hydrogen-bond donors (Lipinski definition) is 1. The highest BCUT2D eigenvalue weighted by Crippen LogP contribution is 2.25. The van der Waals surface area contributed by atoms with Crippen LogP contribution < -0.4 is 5.32 Å². The molecule has 6 nitrogen and oxygen atoms in total. The smallest absolute Gasteiger partial charge is 0.243 e. The van der Waals surface area contributed by atoms with Gasteiger partial charge in [-0.2, -0.15) is 0 Å². The summed E-state index contributed by atoms with van der Waals surface area (Å²) in [5.41, 5.74) is 0.921. The van der Waals surface area contributed by atoms with Crippen molar-refractivity contribution in [3.05, 3.63) is 36.2 Å². The molecule has 3 rings (SSSR count). The zero-order chi connectivity index (χ0) is 20.3. The highest BCUT2D eigenvalue weighted by molar-refractivity contribution is 5.91. The van der Waals surface area contributed by atoms with Gasteiger partial charge >= 0.3 is 0 Å². The van der Waals surface area contributed by atoms with E-state index in [4.69, 9.17) is 4.74 Å². The molecule has 1 aromatic heterocycles. The van der Waals surface area contributed by atoms with Crippen LogP contribution in [0.4, 0.5) is 0 Å². The first-order valence-electron chi connectivity index (χ1n) is 10.9. The summed E-state index contributed by atoms with van der Waals surface area (Å²) in [5.74, 6) is 1.16. The van der Waals surface area contributed by atoms with Crippen molar-refractivity contribution in [3.8, 4) is 0 Å². The Kier molecular flexibility index (Phi) is 8.68. The molecule has 2 aliphatic heterocycles. The first kappa shape index (κ1) is 21.5. The van der Waals surface area contributed by atoms with E-state index in [1.165, 1.54) is 6.42 Å². The molecule has 0 radical (unpaired) electrons. The predicted molar refractivity (Wildman–Crippen MR) is 113 cm³/mol. The lowest BCUT2D eigenvalue weighted by molar-refractivity contribution is -0.140. The summed E-state index contributed by atoms with van der Waals surface area (Å²) in [6.45, 7) is 3.95. The molecule has 0 spiro atoms. The van der Waals surface area contributed by atoms with Gasteiger partial charge in [-0.25, -0.2) is 0 Å². The van der Waals surface area contributed by atoms with E-state index < -0.39 is 0 Å². The molecule has 1 aromatic rings. The summed E-state index contributed by atoms with van der Waals surface area (Å²) >= 11 is 0. The van der Waals surface area contributed by atoms with Crippen LogP contribution in [0.3, 0.4) is 0 Å². The van der Waals surface area contributed by atoms with Crippen molar-refractivity contribution in [1.82, 2.24) is 15.2 Å². The fourth-order valence-corrected chi connectivity index (χ4v) is 4.12. The number of carbonyl (C=O) groups is 2. The van der Waals surface area contributed by atoms with Gasteiger partial charge in [0.15, 0.2) is 0 Å². The Hall–Kier alpha value is -2.21. The molecular formula is C23H33N3O3. The van der Waals surface area contributed by atoms with Crippen LogP contribution in [0.15, 0.2) is 30.6 Å². The Labute approximate surface area is 173 Å². The van der Waals surface area contributed by atoms with Gasteiger partial charge in [0.25, 0.3) is 0 Å². The molecule has 2 aliphatic rings. The molecular weight excluding hydrogens is 366 g/mol. The third-order valence-electron chi connectivity index (χ3n) is 5.95. The number of likely N-dealkylation sites (tertiary alicyclic amines) is 1. The number of unbranched alkanes of at least 4 members (excludes halogenated alkanes) is 1. The number of ether oxygens (including phenoxy) is 1. The monoisotopic (exact) mass is 399 g/mol. The molecule has 2 amide bonds. The molecule has 0 atom stereocenters. The highest BCUT2D eigenvalue weighted by atomic mass is 16.5. The predicted octanol–water partition coefficient (Wildman–Crippen LogP) is 3.05. The van der Waals surface area contributed by atoms with Crippen LogP contribution >= 0.6 is 0 Å². The van der Waals surface area contributed by atoms with Crippen molar-refractivity contribution in [3.63, 3.8) is 0 Å². The Morgan fingerprint density at radius 2 is 1.97 bits per heavy atom. The third kappa shape index (κ3) is 7.28. The molecule has 2 fully saturated rings. The van der Waals surface area contributed by atoms with Crippen LogP contribution in [0.1, 0.15) is 50.5 Å². The van der Waals surface area contributed by atoms with E-state index in [1.807, 2.05) is 12.1 Å². The fraction of sp³-hybridized carbons (Fsp3) is 0.609. The van der Waals surface area contributed by atoms with Gasteiger partial charge in [-0.3, -0.25) is 14.6 Å². The number of rotatable bonds is 8. The molecule has 6 heteroatoms. The first-order chi connectivity index (χ1) is 14.2. The maximum atomic E-state index is 12.6. The quantitative estimate of drug-likeness (QED) is 0.539. The Balaban J connectivity index is 1.24. The number of hydrogen-bond acceptors (Lipinski definition) is 4. The second kappa shape index (κ2) is 11.7. The van der Waals surface area contributed by atoms with E-state index in [2.05, 4.69) is 15.2 Å². The number of pyridine rings is 1. The van der Waals surface area contributed by atoms with Gasteiger partial charge in [-0.15, -0.1) is 0 Å². The molecule has 0 aliphatic carbocycles. The summed E-state index contributed by atoms with van der Waals surface area (Å²) < 4.78 is 5.36. The van der Waals surface area contributed by atoms with Crippen LogP contribution in [0, 0.1) is 11.8 Å². The lowest BCUT2D eigenvalue weighted by Gasteiger charge is -2.35. The van der Waals surface area contributed by atoms with E-state index in [9.17, 15) is 9.59 Å². The molecule has 0 saturated carbocycles.